The Morgan fingerprint density at radius 3 is 2.56 bits per heavy atom. The van der Waals surface area contributed by atoms with Gasteiger partial charge in [-0.1, -0.05) is 43.7 Å². The molecule has 0 aromatic heterocycles. The van der Waals surface area contributed by atoms with E-state index in [1.807, 2.05) is 32.2 Å². The second-order valence-electron chi connectivity index (χ2n) is 17.3. The molecule has 3 aliphatic heterocycles. The number of carbonyl (C=O) groups excluding carboxylic acids is 1. The lowest BCUT2D eigenvalue weighted by molar-refractivity contribution is -0.0970. The van der Waals surface area contributed by atoms with Gasteiger partial charge in [0, 0.05) is 89.2 Å². The zero-order chi connectivity index (χ0) is 40.4. The largest absolute Gasteiger partial charge is 0.490 e. The van der Waals surface area contributed by atoms with Gasteiger partial charge in [-0.15, -0.1) is 0 Å². The monoisotopic (exact) mass is 826 g/mol. The van der Waals surface area contributed by atoms with E-state index in [1.54, 1.807) is 13.2 Å². The van der Waals surface area contributed by atoms with Crippen LogP contribution >= 0.6 is 11.6 Å². The minimum atomic E-state index is -4.11. The highest BCUT2D eigenvalue weighted by Gasteiger charge is 2.50. The lowest BCUT2D eigenvalue weighted by Gasteiger charge is -2.52. The Morgan fingerprint density at radius 1 is 1.05 bits per heavy atom. The first-order valence-electron chi connectivity index (χ1n) is 21.0. The van der Waals surface area contributed by atoms with Gasteiger partial charge in [0.15, 0.2) is 0 Å². The average molecular weight is 828 g/mol. The molecule has 1 spiro atoms. The first-order valence-corrected chi connectivity index (χ1v) is 22.9. The Kier molecular flexibility index (Phi) is 13.3. The lowest BCUT2D eigenvalue weighted by atomic mass is 9.63. The van der Waals surface area contributed by atoms with Crippen LogP contribution in [0.25, 0.3) is 0 Å². The van der Waals surface area contributed by atoms with Crippen molar-refractivity contribution in [2.24, 2.45) is 17.8 Å². The summed E-state index contributed by atoms with van der Waals surface area (Å²) in [6.07, 6.45) is 10.9. The molecule has 2 aromatic carbocycles. The smallest absolute Gasteiger partial charge is 0.264 e. The third kappa shape index (κ3) is 8.79. The predicted molar refractivity (Wildman–Crippen MR) is 225 cm³/mol. The standard InChI is InChI=1S/C44H63ClN4O7S/c1-6-36(26-53-3)48-21-19-47(20-22-48)29-44(55-5)18-7-9-31(2)41(27-54-4)57(51,52)46-42(50)33-12-16-40-39(24-33)49(25-34-11-14-38(34)44)28-43(30-56-40)17-8-10-32-23-35(45)13-15-37(32)43/h7,12-13,15-16,18,23-24,31,34,36,38,41H,6,8-11,14,17,19-22,25-30H2,1-5H3,(H,46,50)/b18-7+/t31-,34-,36?,38+,41+,43-,44+/m0/s1. The van der Waals surface area contributed by atoms with E-state index in [9.17, 15) is 13.2 Å². The van der Waals surface area contributed by atoms with Crippen LogP contribution in [0.4, 0.5) is 5.69 Å². The predicted octanol–water partition coefficient (Wildman–Crippen LogP) is 5.94. The van der Waals surface area contributed by atoms with E-state index in [-0.39, 0.29) is 29.4 Å². The number of carbonyl (C=O) groups is 1. The normalized spacial score (nSPS) is 31.9. The number of fused-ring (bicyclic) bond motifs is 4. The highest BCUT2D eigenvalue weighted by atomic mass is 35.5. The van der Waals surface area contributed by atoms with Crippen LogP contribution in [0.5, 0.6) is 5.75 Å². The molecule has 1 saturated carbocycles. The summed E-state index contributed by atoms with van der Waals surface area (Å²) in [5.74, 6) is 0.246. The second-order valence-corrected chi connectivity index (χ2v) is 19.6. The molecule has 13 heteroatoms. The fourth-order valence-corrected chi connectivity index (χ4v) is 12.2. The van der Waals surface area contributed by atoms with Crippen molar-refractivity contribution in [3.63, 3.8) is 0 Å². The van der Waals surface area contributed by atoms with E-state index >= 15 is 0 Å². The van der Waals surface area contributed by atoms with Gasteiger partial charge in [0.25, 0.3) is 5.91 Å². The van der Waals surface area contributed by atoms with Crippen LogP contribution in [-0.4, -0.2) is 128 Å². The molecule has 314 valence electrons. The summed E-state index contributed by atoms with van der Waals surface area (Å²) in [5.41, 5.74) is 2.76. The fourth-order valence-electron chi connectivity index (χ4n) is 10.5. The van der Waals surface area contributed by atoms with Gasteiger partial charge in [-0.25, -0.2) is 13.1 Å². The molecule has 5 aliphatic rings. The summed E-state index contributed by atoms with van der Waals surface area (Å²) in [5, 5.41) is -0.200. The van der Waals surface area contributed by atoms with Crippen LogP contribution in [-0.2, 0) is 36.1 Å². The number of anilines is 1. The molecule has 1 amide bonds. The first kappa shape index (κ1) is 42.4. The summed E-state index contributed by atoms with van der Waals surface area (Å²) >= 11 is 6.53. The number of rotatable bonds is 9. The summed E-state index contributed by atoms with van der Waals surface area (Å²) in [7, 11) is 1.01. The van der Waals surface area contributed by atoms with E-state index in [0.29, 0.717) is 37.3 Å². The molecule has 7 rings (SSSR count). The summed E-state index contributed by atoms with van der Waals surface area (Å²) < 4.78 is 54.8. The Bertz CT molecular complexity index is 1870. The highest BCUT2D eigenvalue weighted by molar-refractivity contribution is 7.90. The van der Waals surface area contributed by atoms with Gasteiger partial charge < -0.3 is 23.8 Å². The van der Waals surface area contributed by atoms with Crippen molar-refractivity contribution < 1.29 is 32.2 Å². The number of methoxy groups -OCH3 is 3. The molecule has 11 nitrogen and oxygen atoms in total. The number of aryl methyl sites for hydroxylation is 1. The van der Waals surface area contributed by atoms with Gasteiger partial charge in [-0.3, -0.25) is 14.6 Å². The van der Waals surface area contributed by atoms with Crippen molar-refractivity contribution in [1.82, 2.24) is 14.5 Å². The molecular weight excluding hydrogens is 764 g/mol. The fraction of sp³-hybridized carbons (Fsp3) is 0.659. The van der Waals surface area contributed by atoms with Gasteiger partial charge in [0.1, 0.15) is 16.6 Å². The van der Waals surface area contributed by atoms with Crippen molar-refractivity contribution in [3.05, 3.63) is 70.3 Å². The van der Waals surface area contributed by atoms with Crippen molar-refractivity contribution in [2.45, 2.75) is 81.1 Å². The van der Waals surface area contributed by atoms with Crippen LogP contribution in [0.3, 0.4) is 0 Å². The molecule has 3 heterocycles. The number of amides is 1. The lowest BCUT2D eigenvalue weighted by Crippen LogP contribution is -2.59. The number of piperazine rings is 1. The molecular formula is C44H63ClN4O7S. The SMILES string of the molecule is CCC(COC)N1CCN(C[C@]2(OC)/C=C/C[C@H](C)[C@@H](COC)S(=O)(=O)NC(=O)c3ccc4c(c3)N(C[C@@H]3CC[C@H]32)C[C@@]2(CCCc3cc(Cl)ccc32)CO4)CC1. The van der Waals surface area contributed by atoms with E-state index < -0.39 is 26.8 Å². The van der Waals surface area contributed by atoms with Crippen LogP contribution in [0.15, 0.2) is 48.6 Å². The number of nitrogens with one attached hydrogen (secondary N) is 1. The first-order chi connectivity index (χ1) is 27.4. The summed E-state index contributed by atoms with van der Waals surface area (Å²) in [4.78, 5) is 21.4. The van der Waals surface area contributed by atoms with Crippen molar-refractivity contribution >= 4 is 33.2 Å². The van der Waals surface area contributed by atoms with Gasteiger partial charge in [-0.2, -0.15) is 0 Å². The van der Waals surface area contributed by atoms with Crippen molar-refractivity contribution in [2.75, 3.05) is 91.9 Å². The van der Waals surface area contributed by atoms with E-state index in [0.717, 1.165) is 95.1 Å². The molecule has 57 heavy (non-hydrogen) atoms. The Hall–Kier alpha value is -2.71. The van der Waals surface area contributed by atoms with Crippen molar-refractivity contribution in [1.29, 1.82) is 0 Å². The van der Waals surface area contributed by atoms with E-state index in [1.165, 1.54) is 18.2 Å². The number of nitrogens with zero attached hydrogens (tertiary/aromatic N) is 3. The van der Waals surface area contributed by atoms with Gasteiger partial charge in [-0.05, 0) is 104 Å². The highest BCUT2D eigenvalue weighted by Crippen LogP contribution is 2.49. The molecule has 7 atom stereocenters. The van der Waals surface area contributed by atoms with E-state index in [2.05, 4.69) is 50.6 Å². The zero-order valence-corrected chi connectivity index (χ0v) is 36.1. The van der Waals surface area contributed by atoms with Gasteiger partial charge in [0.05, 0.1) is 25.5 Å². The number of sulfonamides is 1. The molecule has 1 N–H and O–H groups in total. The van der Waals surface area contributed by atoms with E-state index in [4.69, 9.17) is 30.5 Å². The average Bonchev–Trinajstić information content (AvgIpc) is 3.33. The second kappa shape index (κ2) is 17.9. The molecule has 2 aromatic rings. The number of allylic oxidation sites excluding steroid dienone is 1. The maximum atomic E-state index is 14.0. The number of halogens is 1. The molecule has 0 radical (unpaired) electrons. The molecule has 2 fully saturated rings. The van der Waals surface area contributed by atoms with Gasteiger partial charge in [0.2, 0.25) is 10.0 Å². The topological polar surface area (TPSA) is 110 Å². The Balaban J connectivity index is 1.27. The molecule has 2 aliphatic carbocycles. The maximum absolute atomic E-state index is 14.0. The number of hydrogen-bond acceptors (Lipinski definition) is 10. The Morgan fingerprint density at radius 2 is 1.86 bits per heavy atom. The maximum Gasteiger partial charge on any atom is 0.264 e. The van der Waals surface area contributed by atoms with Crippen LogP contribution < -0.4 is 14.4 Å². The third-order valence-electron chi connectivity index (χ3n) is 13.9. The quantitative estimate of drug-likeness (QED) is 0.306. The molecule has 1 unspecified atom stereocenters. The third-order valence-corrected chi connectivity index (χ3v) is 16.0. The summed E-state index contributed by atoms with van der Waals surface area (Å²) in [6, 6.07) is 12.0. The number of benzene rings is 2. The number of hydrogen-bond donors (Lipinski definition) is 1. The zero-order valence-electron chi connectivity index (χ0n) is 34.5. The minimum absolute atomic E-state index is 0.0373. The van der Waals surface area contributed by atoms with Gasteiger partial charge >= 0.3 is 0 Å². The van der Waals surface area contributed by atoms with Crippen LogP contribution in [0.1, 0.15) is 73.9 Å². The molecule has 1 saturated heterocycles. The van der Waals surface area contributed by atoms with Crippen molar-refractivity contribution in [3.8, 4) is 5.75 Å². The van der Waals surface area contributed by atoms with Crippen LogP contribution in [0.2, 0.25) is 5.02 Å². The Labute approximate surface area is 345 Å². The minimum Gasteiger partial charge on any atom is -0.490 e. The van der Waals surface area contributed by atoms with Crippen LogP contribution in [0, 0.1) is 17.8 Å². The summed E-state index contributed by atoms with van der Waals surface area (Å²) in [6.45, 7) is 11.4. The molecule has 2 bridgehead atoms. The number of ether oxygens (including phenoxy) is 4.